The van der Waals surface area contributed by atoms with Crippen molar-refractivity contribution in [3.05, 3.63) is 24.3 Å². The minimum Gasteiger partial charge on any atom is -0.493 e. The van der Waals surface area contributed by atoms with E-state index in [-0.39, 0.29) is 29.0 Å². The number of nitrogens with one attached hydrogen (secondary N) is 1. The molecule has 0 aliphatic rings. The van der Waals surface area contributed by atoms with Crippen molar-refractivity contribution in [2.75, 3.05) is 18.1 Å². The first kappa shape index (κ1) is 18.9. The number of hydrogen-bond acceptors (Lipinski definition) is 5. The van der Waals surface area contributed by atoms with Gasteiger partial charge >= 0.3 is 0 Å². The molecule has 1 rings (SSSR count). The molecule has 1 aromatic rings. The Morgan fingerprint density at radius 1 is 1.09 bits per heavy atom. The van der Waals surface area contributed by atoms with Gasteiger partial charge in [-0.25, -0.2) is 21.6 Å². The maximum Gasteiger partial charge on any atom is 0.240 e. The second kappa shape index (κ2) is 7.94. The lowest BCUT2D eigenvalue weighted by Crippen LogP contribution is -2.31. The summed E-state index contributed by atoms with van der Waals surface area (Å²) in [4.78, 5) is 0.154. The van der Waals surface area contributed by atoms with Gasteiger partial charge in [-0.1, -0.05) is 13.8 Å². The summed E-state index contributed by atoms with van der Waals surface area (Å²) in [6, 6.07) is 5.77. The molecular weight excluding hydrogens is 326 g/mol. The van der Waals surface area contributed by atoms with Gasteiger partial charge < -0.3 is 4.74 Å². The highest BCUT2D eigenvalue weighted by atomic mass is 32.2. The molecule has 0 saturated heterocycles. The molecule has 0 fully saturated rings. The van der Waals surface area contributed by atoms with E-state index in [0.717, 1.165) is 0 Å². The molecule has 22 heavy (non-hydrogen) atoms. The Kier molecular flexibility index (Phi) is 6.83. The van der Waals surface area contributed by atoms with Gasteiger partial charge in [-0.05, 0) is 37.6 Å². The van der Waals surface area contributed by atoms with E-state index in [2.05, 4.69) is 4.72 Å². The molecule has 0 heterocycles. The first-order valence-corrected chi connectivity index (χ1v) is 10.5. The summed E-state index contributed by atoms with van der Waals surface area (Å²) in [5.41, 5.74) is 0. The fourth-order valence-corrected chi connectivity index (χ4v) is 3.51. The predicted molar refractivity (Wildman–Crippen MR) is 86.3 cm³/mol. The number of ether oxygens (including phenoxy) is 1. The van der Waals surface area contributed by atoms with Gasteiger partial charge in [-0.2, -0.15) is 0 Å². The lowest BCUT2D eigenvalue weighted by atomic mass is 10.3. The largest absolute Gasteiger partial charge is 0.493 e. The molecule has 8 heteroatoms. The van der Waals surface area contributed by atoms with Crippen molar-refractivity contribution in [3.8, 4) is 5.75 Å². The molecule has 0 radical (unpaired) electrons. The van der Waals surface area contributed by atoms with Crippen LogP contribution in [0.2, 0.25) is 0 Å². The zero-order valence-electron chi connectivity index (χ0n) is 13.1. The van der Waals surface area contributed by atoms with Gasteiger partial charge in [-0.15, -0.1) is 0 Å². The average molecular weight is 349 g/mol. The Bertz CT molecular complexity index is 666. The Hall–Kier alpha value is -1.12. The Balaban J connectivity index is 2.67. The number of rotatable bonds is 9. The van der Waals surface area contributed by atoms with Crippen LogP contribution < -0.4 is 9.46 Å². The van der Waals surface area contributed by atoms with Crippen LogP contribution in [0.4, 0.5) is 0 Å². The monoisotopic (exact) mass is 349 g/mol. The van der Waals surface area contributed by atoms with Crippen LogP contribution in [0.5, 0.6) is 5.75 Å². The first-order valence-electron chi connectivity index (χ1n) is 7.15. The van der Waals surface area contributed by atoms with E-state index in [0.29, 0.717) is 12.2 Å². The second-order valence-corrected chi connectivity index (χ2v) is 9.17. The summed E-state index contributed by atoms with van der Waals surface area (Å²) in [6.07, 6.45) is 0.701. The fourth-order valence-electron chi connectivity index (χ4n) is 1.56. The van der Waals surface area contributed by atoms with Crippen LogP contribution in [0.25, 0.3) is 0 Å². The molecule has 0 aliphatic heterocycles. The van der Waals surface area contributed by atoms with Crippen molar-refractivity contribution in [1.82, 2.24) is 4.72 Å². The standard InChI is InChI=1S/C14H23NO5S2/c1-4-12(3)15-22(18,19)14-8-6-13(7-9-14)20-10-11-21(16,17)5-2/h6-9,12,15H,4-5,10-11H2,1-3H3. The van der Waals surface area contributed by atoms with Crippen molar-refractivity contribution >= 4 is 19.9 Å². The third-order valence-corrected chi connectivity index (χ3v) is 6.48. The third-order valence-electron chi connectivity index (χ3n) is 3.21. The van der Waals surface area contributed by atoms with Crippen LogP contribution in [0, 0.1) is 0 Å². The minimum absolute atomic E-state index is 0.0490. The lowest BCUT2D eigenvalue weighted by Gasteiger charge is -2.12. The van der Waals surface area contributed by atoms with Crippen LogP contribution >= 0.6 is 0 Å². The summed E-state index contributed by atoms with van der Waals surface area (Å²) in [5, 5.41) is 0. The highest BCUT2D eigenvalue weighted by Crippen LogP contribution is 2.16. The molecule has 1 N–H and O–H groups in total. The zero-order valence-corrected chi connectivity index (χ0v) is 14.7. The Labute approximate surface area is 132 Å². The van der Waals surface area contributed by atoms with E-state index in [9.17, 15) is 16.8 Å². The van der Waals surface area contributed by atoms with Crippen LogP contribution in [-0.2, 0) is 19.9 Å². The van der Waals surface area contributed by atoms with Gasteiger partial charge in [0.15, 0.2) is 9.84 Å². The predicted octanol–water partition coefficient (Wildman–Crippen LogP) is 1.58. The minimum atomic E-state index is -3.54. The molecular formula is C14H23NO5S2. The maximum absolute atomic E-state index is 12.1. The molecule has 0 amide bonds. The second-order valence-electron chi connectivity index (χ2n) is 4.99. The molecule has 0 saturated carbocycles. The quantitative estimate of drug-likeness (QED) is 0.731. The molecule has 1 atom stereocenters. The van der Waals surface area contributed by atoms with Crippen LogP contribution in [0.1, 0.15) is 27.2 Å². The van der Waals surface area contributed by atoms with Crippen molar-refractivity contribution in [1.29, 1.82) is 0 Å². The number of hydrogen-bond donors (Lipinski definition) is 1. The molecule has 0 bridgehead atoms. The van der Waals surface area contributed by atoms with Crippen molar-refractivity contribution in [2.45, 2.75) is 38.1 Å². The third kappa shape index (κ3) is 5.94. The van der Waals surface area contributed by atoms with Gasteiger partial charge in [0.1, 0.15) is 12.4 Å². The van der Waals surface area contributed by atoms with Crippen LogP contribution in [0.15, 0.2) is 29.2 Å². The van der Waals surface area contributed by atoms with E-state index >= 15 is 0 Å². The van der Waals surface area contributed by atoms with Gasteiger partial charge in [0, 0.05) is 11.8 Å². The highest BCUT2D eigenvalue weighted by molar-refractivity contribution is 7.91. The van der Waals surface area contributed by atoms with E-state index < -0.39 is 19.9 Å². The molecule has 1 aromatic carbocycles. The number of benzene rings is 1. The summed E-state index contributed by atoms with van der Waals surface area (Å²) in [7, 11) is -6.61. The molecule has 126 valence electrons. The van der Waals surface area contributed by atoms with Gasteiger partial charge in [0.25, 0.3) is 0 Å². The summed E-state index contributed by atoms with van der Waals surface area (Å²) < 4.78 is 54.7. The van der Waals surface area contributed by atoms with E-state index in [1.54, 1.807) is 13.8 Å². The summed E-state index contributed by atoms with van der Waals surface area (Å²) in [5.74, 6) is 0.460. The summed E-state index contributed by atoms with van der Waals surface area (Å²) >= 11 is 0. The Morgan fingerprint density at radius 2 is 1.68 bits per heavy atom. The lowest BCUT2D eigenvalue weighted by molar-refractivity contribution is 0.340. The molecule has 0 aliphatic carbocycles. The van der Waals surface area contributed by atoms with E-state index in [4.69, 9.17) is 4.74 Å². The Morgan fingerprint density at radius 3 is 2.18 bits per heavy atom. The molecule has 1 unspecified atom stereocenters. The average Bonchev–Trinajstić information content (AvgIpc) is 2.47. The molecule has 0 aromatic heterocycles. The maximum atomic E-state index is 12.1. The van der Waals surface area contributed by atoms with Crippen molar-refractivity contribution < 1.29 is 21.6 Å². The van der Waals surface area contributed by atoms with Crippen LogP contribution in [0.3, 0.4) is 0 Å². The van der Waals surface area contributed by atoms with E-state index in [1.807, 2.05) is 6.92 Å². The first-order chi connectivity index (χ1) is 10.2. The SMILES string of the molecule is CCC(C)NS(=O)(=O)c1ccc(OCCS(=O)(=O)CC)cc1. The number of sulfonamides is 1. The topological polar surface area (TPSA) is 89.5 Å². The molecule has 0 spiro atoms. The zero-order chi connectivity index (χ0) is 16.8. The smallest absolute Gasteiger partial charge is 0.240 e. The van der Waals surface area contributed by atoms with E-state index in [1.165, 1.54) is 24.3 Å². The fraction of sp³-hybridized carbons (Fsp3) is 0.571. The van der Waals surface area contributed by atoms with Crippen LogP contribution in [-0.4, -0.2) is 41.0 Å². The van der Waals surface area contributed by atoms with Crippen molar-refractivity contribution in [2.24, 2.45) is 0 Å². The van der Waals surface area contributed by atoms with Crippen molar-refractivity contribution in [3.63, 3.8) is 0 Å². The van der Waals surface area contributed by atoms with Gasteiger partial charge in [-0.3, -0.25) is 0 Å². The van der Waals surface area contributed by atoms with Gasteiger partial charge in [0.2, 0.25) is 10.0 Å². The molecule has 6 nitrogen and oxygen atoms in total. The van der Waals surface area contributed by atoms with Gasteiger partial charge in [0.05, 0.1) is 10.6 Å². The number of sulfone groups is 1. The summed E-state index contributed by atoms with van der Waals surface area (Å²) in [6.45, 7) is 5.32. The highest BCUT2D eigenvalue weighted by Gasteiger charge is 2.16. The normalized spacial score (nSPS) is 13.8.